The Hall–Kier alpha value is -1.14. The highest BCUT2D eigenvalue weighted by Crippen LogP contribution is 2.34. The number of nitrogens with two attached hydrogens (primary N) is 1. The number of nitro groups is 1. The molecule has 0 spiro atoms. The molecule has 1 aliphatic rings. The predicted octanol–water partition coefficient (Wildman–Crippen LogP) is 2.67. The number of nitrogens with zero attached hydrogens (tertiary/aromatic N) is 2. The average Bonchev–Trinajstić information content (AvgIpc) is 2.38. The van der Waals surface area contributed by atoms with Gasteiger partial charge in [-0.05, 0) is 31.4 Å². The topological polar surface area (TPSA) is 72.4 Å². The third-order valence-electron chi connectivity index (χ3n) is 3.34. The number of anilines is 1. The number of hydrogen-bond acceptors (Lipinski definition) is 4. The second-order valence-corrected chi connectivity index (χ2v) is 5.38. The van der Waals surface area contributed by atoms with Crippen LogP contribution in [0.3, 0.4) is 0 Å². The van der Waals surface area contributed by atoms with Crippen molar-refractivity contribution in [3.63, 3.8) is 0 Å². The fourth-order valence-corrected chi connectivity index (χ4v) is 2.80. The predicted molar refractivity (Wildman–Crippen MR) is 74.8 cm³/mol. The molecule has 0 saturated carbocycles. The zero-order valence-electron chi connectivity index (χ0n) is 10.0. The molecule has 1 atom stereocenters. The SMILES string of the molecule is NCC1CCCCN1c1ccc(Br)cc1[N+](=O)[O-]. The van der Waals surface area contributed by atoms with Crippen molar-refractivity contribution in [1.29, 1.82) is 0 Å². The highest BCUT2D eigenvalue weighted by atomic mass is 79.9. The molecule has 2 rings (SSSR count). The highest BCUT2D eigenvalue weighted by Gasteiger charge is 2.27. The molecule has 1 fully saturated rings. The summed E-state index contributed by atoms with van der Waals surface area (Å²) in [6.45, 7) is 1.37. The lowest BCUT2D eigenvalue weighted by Crippen LogP contribution is -2.44. The van der Waals surface area contributed by atoms with Crippen LogP contribution in [0.25, 0.3) is 0 Å². The molecule has 0 aromatic heterocycles. The number of hydrogen-bond donors (Lipinski definition) is 1. The van der Waals surface area contributed by atoms with Crippen molar-refractivity contribution in [2.75, 3.05) is 18.0 Å². The largest absolute Gasteiger partial charge is 0.362 e. The monoisotopic (exact) mass is 313 g/mol. The summed E-state index contributed by atoms with van der Waals surface area (Å²) in [5.74, 6) is 0. The summed E-state index contributed by atoms with van der Waals surface area (Å²) in [6, 6.07) is 5.40. The molecular formula is C12H16BrN3O2. The van der Waals surface area contributed by atoms with Crippen LogP contribution in [0.15, 0.2) is 22.7 Å². The van der Waals surface area contributed by atoms with E-state index in [0.717, 1.165) is 30.3 Å². The summed E-state index contributed by atoms with van der Waals surface area (Å²) in [5, 5.41) is 11.1. The van der Waals surface area contributed by atoms with Crippen molar-refractivity contribution < 1.29 is 4.92 Å². The minimum absolute atomic E-state index is 0.143. The molecule has 2 N–H and O–H groups in total. The summed E-state index contributed by atoms with van der Waals surface area (Å²) >= 11 is 3.27. The normalized spacial score (nSPS) is 19.9. The molecule has 0 aliphatic carbocycles. The molecule has 18 heavy (non-hydrogen) atoms. The second kappa shape index (κ2) is 5.67. The summed E-state index contributed by atoms with van der Waals surface area (Å²) in [4.78, 5) is 12.9. The minimum Gasteiger partial charge on any atom is -0.362 e. The van der Waals surface area contributed by atoms with Gasteiger partial charge < -0.3 is 10.6 Å². The third-order valence-corrected chi connectivity index (χ3v) is 3.84. The van der Waals surface area contributed by atoms with Crippen molar-refractivity contribution in [1.82, 2.24) is 0 Å². The Kier molecular flexibility index (Phi) is 4.19. The maximum absolute atomic E-state index is 11.1. The van der Waals surface area contributed by atoms with Gasteiger partial charge in [0.05, 0.1) is 4.92 Å². The van der Waals surface area contributed by atoms with Gasteiger partial charge >= 0.3 is 0 Å². The molecule has 98 valence electrons. The van der Waals surface area contributed by atoms with E-state index in [9.17, 15) is 10.1 Å². The number of piperidine rings is 1. The van der Waals surface area contributed by atoms with Gasteiger partial charge in [-0.2, -0.15) is 0 Å². The summed E-state index contributed by atoms with van der Waals surface area (Å²) in [7, 11) is 0. The molecular weight excluding hydrogens is 298 g/mol. The third kappa shape index (κ3) is 2.64. The zero-order valence-corrected chi connectivity index (χ0v) is 11.6. The summed E-state index contributed by atoms with van der Waals surface area (Å²) in [6.07, 6.45) is 3.20. The van der Waals surface area contributed by atoms with Gasteiger partial charge in [0.1, 0.15) is 5.69 Å². The van der Waals surface area contributed by atoms with E-state index < -0.39 is 0 Å². The molecule has 1 aliphatic heterocycles. The van der Waals surface area contributed by atoms with Crippen molar-refractivity contribution in [3.05, 3.63) is 32.8 Å². The molecule has 1 saturated heterocycles. The van der Waals surface area contributed by atoms with Crippen LogP contribution < -0.4 is 10.6 Å². The van der Waals surface area contributed by atoms with Crippen LogP contribution in [0.1, 0.15) is 19.3 Å². The second-order valence-electron chi connectivity index (χ2n) is 4.47. The first-order valence-electron chi connectivity index (χ1n) is 6.04. The van der Waals surface area contributed by atoms with Crippen molar-refractivity contribution in [2.24, 2.45) is 5.73 Å². The number of rotatable bonds is 3. The maximum atomic E-state index is 11.1. The Morgan fingerprint density at radius 2 is 2.28 bits per heavy atom. The summed E-state index contributed by atoms with van der Waals surface area (Å²) in [5.41, 5.74) is 6.59. The van der Waals surface area contributed by atoms with Gasteiger partial charge in [0.2, 0.25) is 0 Å². The van der Waals surface area contributed by atoms with Gasteiger partial charge in [-0.15, -0.1) is 0 Å². The van der Waals surface area contributed by atoms with Crippen LogP contribution in [0, 0.1) is 10.1 Å². The Bertz CT molecular complexity index is 453. The van der Waals surface area contributed by atoms with E-state index in [0.29, 0.717) is 12.2 Å². The minimum atomic E-state index is -0.331. The molecule has 0 amide bonds. The van der Waals surface area contributed by atoms with E-state index in [2.05, 4.69) is 20.8 Å². The fourth-order valence-electron chi connectivity index (χ4n) is 2.45. The number of benzene rings is 1. The van der Waals surface area contributed by atoms with Crippen molar-refractivity contribution >= 4 is 27.3 Å². The standard InChI is InChI=1S/C12H16BrN3O2/c13-9-4-5-11(12(7-9)16(17)18)15-6-2-1-3-10(15)8-14/h4-5,7,10H,1-3,6,8,14H2. The summed E-state index contributed by atoms with van der Waals surface area (Å²) < 4.78 is 0.722. The lowest BCUT2D eigenvalue weighted by atomic mass is 10.0. The average molecular weight is 314 g/mol. The molecule has 1 unspecified atom stereocenters. The Morgan fingerprint density at radius 1 is 1.50 bits per heavy atom. The first-order valence-corrected chi connectivity index (χ1v) is 6.83. The van der Waals surface area contributed by atoms with Crippen LogP contribution >= 0.6 is 15.9 Å². The number of halogens is 1. The van der Waals surface area contributed by atoms with Gasteiger partial charge in [-0.1, -0.05) is 15.9 Å². The Labute approximate surface area is 114 Å². The van der Waals surface area contributed by atoms with Crippen LogP contribution in [-0.4, -0.2) is 24.1 Å². The Morgan fingerprint density at radius 3 is 2.94 bits per heavy atom. The molecule has 1 aromatic rings. The molecule has 5 nitrogen and oxygen atoms in total. The highest BCUT2D eigenvalue weighted by molar-refractivity contribution is 9.10. The van der Waals surface area contributed by atoms with Gasteiger partial charge in [0.15, 0.2) is 0 Å². The molecule has 1 heterocycles. The van der Waals surface area contributed by atoms with E-state index >= 15 is 0 Å². The van der Waals surface area contributed by atoms with E-state index in [-0.39, 0.29) is 16.7 Å². The van der Waals surface area contributed by atoms with Gasteiger partial charge in [-0.25, -0.2) is 0 Å². The zero-order chi connectivity index (χ0) is 13.1. The van der Waals surface area contributed by atoms with Gasteiger partial charge in [0.25, 0.3) is 5.69 Å². The first kappa shape index (κ1) is 13.3. The lowest BCUT2D eigenvalue weighted by Gasteiger charge is -2.36. The Balaban J connectivity index is 2.39. The first-order chi connectivity index (χ1) is 8.63. The fraction of sp³-hybridized carbons (Fsp3) is 0.500. The van der Waals surface area contributed by atoms with Crippen molar-refractivity contribution in [3.8, 4) is 0 Å². The van der Waals surface area contributed by atoms with Gasteiger partial charge in [0, 0.05) is 29.7 Å². The maximum Gasteiger partial charge on any atom is 0.293 e. The molecule has 0 bridgehead atoms. The quantitative estimate of drug-likeness (QED) is 0.688. The van der Waals surface area contributed by atoms with E-state index in [4.69, 9.17) is 5.73 Å². The van der Waals surface area contributed by atoms with E-state index in [1.807, 2.05) is 6.07 Å². The number of nitro benzene ring substituents is 1. The van der Waals surface area contributed by atoms with E-state index in [1.165, 1.54) is 0 Å². The van der Waals surface area contributed by atoms with Crippen molar-refractivity contribution in [2.45, 2.75) is 25.3 Å². The van der Waals surface area contributed by atoms with E-state index in [1.54, 1.807) is 12.1 Å². The molecule has 1 aromatic carbocycles. The smallest absolute Gasteiger partial charge is 0.293 e. The lowest BCUT2D eigenvalue weighted by molar-refractivity contribution is -0.384. The van der Waals surface area contributed by atoms with Crippen LogP contribution in [0.4, 0.5) is 11.4 Å². The van der Waals surface area contributed by atoms with Crippen LogP contribution in [-0.2, 0) is 0 Å². The van der Waals surface area contributed by atoms with Crippen LogP contribution in [0.2, 0.25) is 0 Å². The molecule has 0 radical (unpaired) electrons. The van der Waals surface area contributed by atoms with Crippen LogP contribution in [0.5, 0.6) is 0 Å². The molecule has 6 heteroatoms. The van der Waals surface area contributed by atoms with Gasteiger partial charge in [-0.3, -0.25) is 10.1 Å².